The molecular weight excluding hydrogens is 226 g/mol. The third-order valence-corrected chi connectivity index (χ3v) is 3.62. The van der Waals surface area contributed by atoms with Crippen molar-refractivity contribution in [3.05, 3.63) is 35.4 Å². The van der Waals surface area contributed by atoms with Crippen molar-refractivity contribution in [3.63, 3.8) is 0 Å². The van der Waals surface area contributed by atoms with Crippen LogP contribution in [0.25, 0.3) is 0 Å². The van der Waals surface area contributed by atoms with Gasteiger partial charge in [0.05, 0.1) is 5.60 Å². The van der Waals surface area contributed by atoms with Crippen molar-refractivity contribution < 1.29 is 9.90 Å². The molecular formula is C15H21NO2. The highest BCUT2D eigenvalue weighted by Crippen LogP contribution is 2.35. The summed E-state index contributed by atoms with van der Waals surface area (Å²) in [5.74, 6) is 0.268. The fourth-order valence-corrected chi connectivity index (χ4v) is 2.52. The van der Waals surface area contributed by atoms with Crippen molar-refractivity contribution in [2.24, 2.45) is 0 Å². The van der Waals surface area contributed by atoms with Crippen LogP contribution in [0.4, 0.5) is 0 Å². The van der Waals surface area contributed by atoms with Crippen LogP contribution in [0.3, 0.4) is 0 Å². The molecule has 1 N–H and O–H groups in total. The Labute approximate surface area is 108 Å². The van der Waals surface area contributed by atoms with E-state index in [1.165, 1.54) is 5.56 Å². The van der Waals surface area contributed by atoms with E-state index in [0.29, 0.717) is 25.7 Å². The molecule has 0 aliphatic heterocycles. The number of aliphatic hydroxyl groups is 1. The van der Waals surface area contributed by atoms with Gasteiger partial charge < -0.3 is 10.0 Å². The van der Waals surface area contributed by atoms with Gasteiger partial charge in [-0.1, -0.05) is 24.3 Å². The van der Waals surface area contributed by atoms with E-state index in [1.54, 1.807) is 0 Å². The number of hydrogen-bond donors (Lipinski definition) is 1. The maximum Gasteiger partial charge on any atom is 0.133 e. The number of nitrogens with zero attached hydrogens (tertiary/aromatic N) is 1. The predicted molar refractivity (Wildman–Crippen MR) is 71.2 cm³/mol. The molecule has 18 heavy (non-hydrogen) atoms. The third kappa shape index (κ3) is 2.98. The van der Waals surface area contributed by atoms with E-state index >= 15 is 0 Å². The Balaban J connectivity index is 2.11. The lowest BCUT2D eigenvalue weighted by atomic mass is 9.79. The maximum absolute atomic E-state index is 11.2. The number of carbonyl (C=O) groups excluding carboxylic acids is 1. The van der Waals surface area contributed by atoms with Crippen molar-refractivity contribution in [2.45, 2.75) is 37.8 Å². The highest BCUT2D eigenvalue weighted by molar-refractivity contribution is 5.79. The van der Waals surface area contributed by atoms with E-state index in [4.69, 9.17) is 0 Å². The first kappa shape index (κ1) is 13.2. The maximum atomic E-state index is 11.2. The molecule has 1 aliphatic carbocycles. The van der Waals surface area contributed by atoms with Crippen LogP contribution < -0.4 is 0 Å². The molecule has 1 fully saturated rings. The Hall–Kier alpha value is -1.19. The van der Waals surface area contributed by atoms with Gasteiger partial charge in [0, 0.05) is 19.4 Å². The van der Waals surface area contributed by atoms with Gasteiger partial charge >= 0.3 is 0 Å². The summed E-state index contributed by atoms with van der Waals surface area (Å²) in [6, 6.07) is 8.11. The van der Waals surface area contributed by atoms with E-state index < -0.39 is 5.60 Å². The van der Waals surface area contributed by atoms with Gasteiger partial charge in [-0.2, -0.15) is 0 Å². The minimum Gasteiger partial charge on any atom is -0.385 e. The topological polar surface area (TPSA) is 40.5 Å². The number of benzene rings is 1. The lowest BCUT2D eigenvalue weighted by molar-refractivity contribution is -0.125. The van der Waals surface area contributed by atoms with Crippen molar-refractivity contribution in [1.29, 1.82) is 0 Å². The molecule has 1 aromatic carbocycles. The van der Waals surface area contributed by atoms with E-state index in [9.17, 15) is 9.90 Å². The predicted octanol–water partition coefficient (Wildman–Crippen LogP) is 2.08. The Bertz CT molecular complexity index is 413. The first-order chi connectivity index (χ1) is 8.49. The summed E-state index contributed by atoms with van der Waals surface area (Å²) >= 11 is 0. The molecule has 2 rings (SSSR count). The summed E-state index contributed by atoms with van der Waals surface area (Å²) in [5, 5.41) is 10.6. The summed E-state index contributed by atoms with van der Waals surface area (Å²) in [6.07, 6.45) is 2.10. The highest BCUT2D eigenvalue weighted by atomic mass is 16.3. The Morgan fingerprint density at radius 2 is 1.72 bits per heavy atom. The normalized spacial score (nSPS) is 19.2. The van der Waals surface area contributed by atoms with E-state index in [-0.39, 0.29) is 5.78 Å². The average Bonchev–Trinajstić information content (AvgIpc) is 2.33. The van der Waals surface area contributed by atoms with Gasteiger partial charge in [-0.25, -0.2) is 0 Å². The van der Waals surface area contributed by atoms with Gasteiger partial charge in [0.2, 0.25) is 0 Å². The van der Waals surface area contributed by atoms with Crippen LogP contribution in [-0.4, -0.2) is 29.9 Å². The Kier molecular flexibility index (Phi) is 3.83. The standard InChI is InChI=1S/C15H21NO2/c1-16(2)11-12-3-5-13(6-4-12)15(18)9-7-14(17)8-10-15/h3-6,18H,7-11H2,1-2H3. The molecule has 0 bridgehead atoms. The molecule has 0 aromatic heterocycles. The van der Waals surface area contributed by atoms with Crippen molar-refractivity contribution in [1.82, 2.24) is 4.90 Å². The average molecular weight is 247 g/mol. The summed E-state index contributed by atoms with van der Waals surface area (Å²) < 4.78 is 0. The van der Waals surface area contributed by atoms with Gasteiger partial charge in [-0.05, 0) is 38.1 Å². The summed E-state index contributed by atoms with van der Waals surface area (Å²) in [4.78, 5) is 13.4. The lowest BCUT2D eigenvalue weighted by Crippen LogP contribution is -2.31. The Morgan fingerprint density at radius 3 is 2.22 bits per heavy atom. The second kappa shape index (κ2) is 5.21. The van der Waals surface area contributed by atoms with Crippen LogP contribution in [-0.2, 0) is 16.9 Å². The fourth-order valence-electron chi connectivity index (χ4n) is 2.52. The van der Waals surface area contributed by atoms with Crippen LogP contribution in [0.1, 0.15) is 36.8 Å². The molecule has 0 radical (unpaired) electrons. The zero-order valence-electron chi connectivity index (χ0n) is 11.1. The van der Waals surface area contributed by atoms with Crippen LogP contribution in [0.5, 0.6) is 0 Å². The zero-order valence-corrected chi connectivity index (χ0v) is 11.1. The first-order valence-corrected chi connectivity index (χ1v) is 6.48. The fraction of sp³-hybridized carbons (Fsp3) is 0.533. The first-order valence-electron chi connectivity index (χ1n) is 6.48. The van der Waals surface area contributed by atoms with E-state index in [0.717, 1.165) is 12.1 Å². The molecule has 1 aromatic rings. The molecule has 1 saturated carbocycles. The number of carbonyl (C=O) groups is 1. The van der Waals surface area contributed by atoms with Gasteiger partial charge in [-0.15, -0.1) is 0 Å². The number of rotatable bonds is 3. The Morgan fingerprint density at radius 1 is 1.17 bits per heavy atom. The number of hydrogen-bond acceptors (Lipinski definition) is 3. The zero-order chi connectivity index (χ0) is 13.2. The second-order valence-electron chi connectivity index (χ2n) is 5.50. The smallest absolute Gasteiger partial charge is 0.133 e. The second-order valence-corrected chi connectivity index (χ2v) is 5.50. The summed E-state index contributed by atoms with van der Waals surface area (Å²) in [6.45, 7) is 0.900. The monoisotopic (exact) mass is 247 g/mol. The molecule has 0 saturated heterocycles. The van der Waals surface area contributed by atoms with Gasteiger partial charge in [0.15, 0.2) is 0 Å². The van der Waals surface area contributed by atoms with Crippen LogP contribution in [0.15, 0.2) is 24.3 Å². The lowest BCUT2D eigenvalue weighted by Gasteiger charge is -2.32. The van der Waals surface area contributed by atoms with Crippen LogP contribution >= 0.6 is 0 Å². The van der Waals surface area contributed by atoms with Gasteiger partial charge in [0.1, 0.15) is 5.78 Å². The number of Topliss-reactive ketones (excluding diaryl/α,β-unsaturated/α-hetero) is 1. The SMILES string of the molecule is CN(C)Cc1ccc(C2(O)CCC(=O)CC2)cc1. The molecule has 0 unspecified atom stereocenters. The molecule has 0 spiro atoms. The molecule has 0 amide bonds. The molecule has 98 valence electrons. The quantitative estimate of drug-likeness (QED) is 0.889. The van der Waals surface area contributed by atoms with Crippen LogP contribution in [0, 0.1) is 0 Å². The summed E-state index contributed by atoms with van der Waals surface area (Å²) in [7, 11) is 4.07. The molecule has 3 nitrogen and oxygen atoms in total. The minimum absolute atomic E-state index is 0.268. The van der Waals surface area contributed by atoms with Crippen molar-refractivity contribution in [3.8, 4) is 0 Å². The van der Waals surface area contributed by atoms with E-state index in [1.807, 2.05) is 26.2 Å². The molecule has 1 aliphatic rings. The minimum atomic E-state index is -0.801. The van der Waals surface area contributed by atoms with Gasteiger partial charge in [-0.3, -0.25) is 4.79 Å². The van der Waals surface area contributed by atoms with Crippen molar-refractivity contribution >= 4 is 5.78 Å². The molecule has 0 atom stereocenters. The largest absolute Gasteiger partial charge is 0.385 e. The molecule has 0 heterocycles. The summed E-state index contributed by atoms with van der Waals surface area (Å²) in [5.41, 5.74) is 1.38. The molecule has 3 heteroatoms. The van der Waals surface area contributed by atoms with Gasteiger partial charge in [0.25, 0.3) is 0 Å². The van der Waals surface area contributed by atoms with Crippen LogP contribution in [0.2, 0.25) is 0 Å². The third-order valence-electron chi connectivity index (χ3n) is 3.62. The van der Waals surface area contributed by atoms with Crippen molar-refractivity contribution in [2.75, 3.05) is 14.1 Å². The highest BCUT2D eigenvalue weighted by Gasteiger charge is 2.33. The number of ketones is 1. The van der Waals surface area contributed by atoms with E-state index in [2.05, 4.69) is 17.0 Å².